The first-order valence-electron chi connectivity index (χ1n) is 11.7. The van der Waals surface area contributed by atoms with Crippen LogP contribution < -0.4 is 9.64 Å². The van der Waals surface area contributed by atoms with Crippen molar-refractivity contribution in [3.8, 4) is 5.75 Å². The molecule has 5 heteroatoms. The molecule has 0 aliphatic carbocycles. The molecule has 0 amide bonds. The molecule has 0 aromatic heterocycles. The lowest BCUT2D eigenvalue weighted by molar-refractivity contribution is 0.157. The molecule has 3 aromatic carbocycles. The van der Waals surface area contributed by atoms with Crippen molar-refractivity contribution in [2.75, 3.05) is 38.2 Å². The van der Waals surface area contributed by atoms with Gasteiger partial charge in [-0.1, -0.05) is 30.3 Å². The van der Waals surface area contributed by atoms with E-state index >= 15 is 0 Å². The van der Waals surface area contributed by atoms with Gasteiger partial charge in [0.1, 0.15) is 17.4 Å². The highest BCUT2D eigenvalue weighted by atomic mass is 19.1. The monoisotopic (exact) mass is 450 g/mol. The molecule has 3 nitrogen and oxygen atoms in total. The second kappa shape index (κ2) is 11.3. The number of likely N-dealkylation sites (tertiary alicyclic amines) is 1. The average molecular weight is 451 g/mol. The Hall–Kier alpha value is -2.92. The normalized spacial score (nSPS) is 15.8. The summed E-state index contributed by atoms with van der Waals surface area (Å²) in [6.45, 7) is 3.81. The van der Waals surface area contributed by atoms with Gasteiger partial charge in [0, 0.05) is 19.3 Å². The summed E-state index contributed by atoms with van der Waals surface area (Å²) in [6, 6.07) is 23.5. The summed E-state index contributed by atoms with van der Waals surface area (Å²) < 4.78 is 32.9. The molecule has 0 spiro atoms. The highest BCUT2D eigenvalue weighted by Crippen LogP contribution is 2.37. The number of halogens is 2. The zero-order valence-corrected chi connectivity index (χ0v) is 19.2. The Morgan fingerprint density at radius 1 is 0.879 bits per heavy atom. The van der Waals surface area contributed by atoms with Gasteiger partial charge < -0.3 is 14.5 Å². The van der Waals surface area contributed by atoms with Gasteiger partial charge in [0.15, 0.2) is 0 Å². The van der Waals surface area contributed by atoms with Crippen LogP contribution >= 0.6 is 0 Å². The number of hydrogen-bond donors (Lipinski definition) is 0. The number of nitrogens with zero attached hydrogens (tertiary/aromatic N) is 2. The number of hydrogen-bond acceptors (Lipinski definition) is 3. The number of anilines is 1. The van der Waals surface area contributed by atoms with Crippen LogP contribution in [0.4, 0.5) is 14.5 Å². The van der Waals surface area contributed by atoms with Crippen molar-refractivity contribution in [3.05, 3.63) is 96.1 Å². The quantitative estimate of drug-likeness (QED) is 0.355. The maximum absolute atomic E-state index is 13.6. The summed E-state index contributed by atoms with van der Waals surface area (Å²) in [4.78, 5) is 4.71. The van der Waals surface area contributed by atoms with Crippen LogP contribution in [0.3, 0.4) is 0 Å². The molecule has 3 aromatic rings. The largest absolute Gasteiger partial charge is 0.494 e. The van der Waals surface area contributed by atoms with Gasteiger partial charge in [-0.15, -0.1) is 0 Å². The average Bonchev–Trinajstić information content (AvgIpc) is 2.85. The minimum absolute atomic E-state index is 0.111. The van der Waals surface area contributed by atoms with Crippen LogP contribution in [0.5, 0.6) is 5.75 Å². The van der Waals surface area contributed by atoms with Crippen molar-refractivity contribution in [1.29, 1.82) is 0 Å². The number of para-hydroxylation sites is 1. The molecule has 0 saturated carbocycles. The lowest BCUT2D eigenvalue weighted by atomic mass is 9.84. The molecule has 1 fully saturated rings. The maximum Gasteiger partial charge on any atom is 0.123 e. The summed E-state index contributed by atoms with van der Waals surface area (Å²) in [7, 11) is 2.05. The number of benzene rings is 3. The van der Waals surface area contributed by atoms with Gasteiger partial charge in [0.2, 0.25) is 0 Å². The first kappa shape index (κ1) is 23.2. The van der Waals surface area contributed by atoms with E-state index in [9.17, 15) is 8.78 Å². The van der Waals surface area contributed by atoms with E-state index in [1.54, 1.807) is 0 Å². The third kappa shape index (κ3) is 6.32. The molecule has 0 N–H and O–H groups in total. The van der Waals surface area contributed by atoms with E-state index in [1.165, 1.54) is 24.3 Å². The van der Waals surface area contributed by atoms with Gasteiger partial charge in [-0.3, -0.25) is 0 Å². The molecular weight excluding hydrogens is 418 g/mol. The molecule has 0 bridgehead atoms. The van der Waals surface area contributed by atoms with E-state index in [2.05, 4.69) is 16.8 Å². The molecule has 174 valence electrons. The molecule has 33 heavy (non-hydrogen) atoms. The molecule has 0 radical (unpaired) electrons. The standard InChI is InChI=1S/C28H32F2N2O/c1-31(26-14-12-25(30)13-15-26)28(22-8-10-24(29)11-9-22)23-16-19-32(20-17-23)18-5-21-33-27-6-3-2-4-7-27/h2-4,6-15,23,28H,5,16-21H2,1H3. The maximum atomic E-state index is 13.6. The van der Waals surface area contributed by atoms with E-state index in [0.29, 0.717) is 5.92 Å². The SMILES string of the molecule is CN(c1ccc(F)cc1)C(c1ccc(F)cc1)C1CCN(CCCOc2ccccc2)CC1. The molecule has 1 heterocycles. The van der Waals surface area contributed by atoms with Crippen molar-refractivity contribution < 1.29 is 13.5 Å². The predicted octanol–water partition coefficient (Wildman–Crippen LogP) is 6.32. The number of ether oxygens (including phenoxy) is 1. The highest BCUT2D eigenvalue weighted by molar-refractivity contribution is 5.48. The zero-order chi connectivity index (χ0) is 23.0. The Labute approximate surface area is 195 Å². The Bertz CT molecular complexity index is 971. The van der Waals surface area contributed by atoms with E-state index in [0.717, 1.165) is 62.5 Å². The topological polar surface area (TPSA) is 15.7 Å². The van der Waals surface area contributed by atoms with Gasteiger partial charge in [-0.25, -0.2) is 8.78 Å². The summed E-state index contributed by atoms with van der Waals surface area (Å²) in [5.41, 5.74) is 2.06. The Morgan fingerprint density at radius 2 is 1.48 bits per heavy atom. The Morgan fingerprint density at radius 3 is 2.12 bits per heavy atom. The second-order valence-electron chi connectivity index (χ2n) is 8.78. The van der Waals surface area contributed by atoms with Crippen molar-refractivity contribution in [3.63, 3.8) is 0 Å². The number of rotatable bonds is 9. The van der Waals surface area contributed by atoms with E-state index in [-0.39, 0.29) is 17.7 Å². The Balaban J connectivity index is 1.36. The molecule has 1 aliphatic rings. The van der Waals surface area contributed by atoms with Crippen LogP contribution in [0.2, 0.25) is 0 Å². The van der Waals surface area contributed by atoms with Crippen LogP contribution in [-0.2, 0) is 0 Å². The van der Waals surface area contributed by atoms with E-state index < -0.39 is 0 Å². The van der Waals surface area contributed by atoms with Crippen LogP contribution in [0, 0.1) is 17.6 Å². The summed E-state index contributed by atoms with van der Waals surface area (Å²) in [5.74, 6) is 0.883. The minimum Gasteiger partial charge on any atom is -0.494 e. The molecule has 4 rings (SSSR count). The summed E-state index contributed by atoms with van der Waals surface area (Å²) in [6.07, 6.45) is 3.12. The predicted molar refractivity (Wildman–Crippen MR) is 130 cm³/mol. The molecular formula is C28H32F2N2O. The van der Waals surface area contributed by atoms with Gasteiger partial charge in [0.25, 0.3) is 0 Å². The van der Waals surface area contributed by atoms with Crippen LogP contribution in [0.1, 0.15) is 30.9 Å². The fraction of sp³-hybridized carbons (Fsp3) is 0.357. The minimum atomic E-state index is -0.241. The van der Waals surface area contributed by atoms with Gasteiger partial charge in [-0.05, 0) is 92.4 Å². The van der Waals surface area contributed by atoms with Gasteiger partial charge in [0.05, 0.1) is 12.6 Å². The molecule has 1 unspecified atom stereocenters. The lowest BCUT2D eigenvalue weighted by Gasteiger charge is -2.41. The highest BCUT2D eigenvalue weighted by Gasteiger charge is 2.30. The van der Waals surface area contributed by atoms with Crippen LogP contribution in [-0.4, -0.2) is 38.2 Å². The Kier molecular flexibility index (Phi) is 7.95. The van der Waals surface area contributed by atoms with Crippen LogP contribution in [0.25, 0.3) is 0 Å². The molecule has 1 atom stereocenters. The van der Waals surface area contributed by atoms with E-state index in [4.69, 9.17) is 4.74 Å². The van der Waals surface area contributed by atoms with Crippen molar-refractivity contribution in [1.82, 2.24) is 4.90 Å². The summed E-state index contributed by atoms with van der Waals surface area (Å²) in [5, 5.41) is 0. The van der Waals surface area contributed by atoms with Crippen LogP contribution in [0.15, 0.2) is 78.9 Å². The van der Waals surface area contributed by atoms with Gasteiger partial charge in [-0.2, -0.15) is 0 Å². The third-order valence-corrected chi connectivity index (χ3v) is 6.57. The van der Waals surface area contributed by atoms with Crippen molar-refractivity contribution in [2.24, 2.45) is 5.92 Å². The molecule has 1 aliphatic heterocycles. The number of piperidine rings is 1. The fourth-order valence-corrected chi connectivity index (χ4v) is 4.80. The second-order valence-corrected chi connectivity index (χ2v) is 8.78. The van der Waals surface area contributed by atoms with Gasteiger partial charge >= 0.3 is 0 Å². The summed E-state index contributed by atoms with van der Waals surface area (Å²) >= 11 is 0. The smallest absolute Gasteiger partial charge is 0.123 e. The first-order valence-corrected chi connectivity index (χ1v) is 11.7. The van der Waals surface area contributed by atoms with E-state index in [1.807, 2.05) is 54.6 Å². The lowest BCUT2D eigenvalue weighted by Crippen LogP contribution is -2.40. The fourth-order valence-electron chi connectivity index (χ4n) is 4.80. The third-order valence-electron chi connectivity index (χ3n) is 6.57. The van der Waals surface area contributed by atoms with Crippen molar-refractivity contribution >= 4 is 5.69 Å². The zero-order valence-electron chi connectivity index (χ0n) is 19.2. The first-order chi connectivity index (χ1) is 16.1. The van der Waals surface area contributed by atoms with Crippen molar-refractivity contribution in [2.45, 2.75) is 25.3 Å². The molecule has 1 saturated heterocycles.